The number of aromatic nitrogens is 1. The van der Waals surface area contributed by atoms with E-state index in [1.54, 1.807) is 23.9 Å². The standard InChI is InChI=1S/C23H20N4O2S2/c1-14-11-17(25-22(29)24-16-9-6-10-18(12-16)30-2)13-19-20(14)26-23(31-19)27-21(28)15-7-4-3-5-8-15/h3-13H,1-2H3,(H2,24,25,29)(H,26,27,28). The Morgan fingerprint density at radius 1 is 0.903 bits per heavy atom. The van der Waals surface area contributed by atoms with Crippen molar-refractivity contribution in [2.24, 2.45) is 0 Å². The van der Waals surface area contributed by atoms with E-state index in [2.05, 4.69) is 20.9 Å². The average Bonchev–Trinajstić information content (AvgIpc) is 3.17. The van der Waals surface area contributed by atoms with Crippen LogP contribution in [0.4, 0.5) is 21.3 Å². The van der Waals surface area contributed by atoms with Crippen LogP contribution in [0.3, 0.4) is 0 Å². The molecule has 0 aliphatic carbocycles. The van der Waals surface area contributed by atoms with Crippen LogP contribution in [-0.4, -0.2) is 23.2 Å². The molecule has 4 rings (SSSR count). The Morgan fingerprint density at radius 2 is 1.68 bits per heavy atom. The van der Waals surface area contributed by atoms with Crippen LogP contribution in [0.25, 0.3) is 10.2 Å². The van der Waals surface area contributed by atoms with E-state index in [1.165, 1.54) is 11.3 Å². The molecule has 0 bridgehead atoms. The number of fused-ring (bicyclic) bond motifs is 1. The lowest BCUT2D eigenvalue weighted by molar-refractivity contribution is 0.102. The van der Waals surface area contributed by atoms with Gasteiger partial charge >= 0.3 is 6.03 Å². The minimum atomic E-state index is -0.320. The molecule has 0 fully saturated rings. The zero-order valence-electron chi connectivity index (χ0n) is 16.9. The van der Waals surface area contributed by atoms with Crippen molar-refractivity contribution < 1.29 is 9.59 Å². The highest BCUT2D eigenvalue weighted by Crippen LogP contribution is 2.31. The van der Waals surface area contributed by atoms with Gasteiger partial charge in [-0.05, 0) is 61.2 Å². The number of carbonyl (C=O) groups is 2. The fraction of sp³-hybridized carbons (Fsp3) is 0.0870. The Balaban J connectivity index is 1.49. The van der Waals surface area contributed by atoms with Crippen molar-refractivity contribution in [3.8, 4) is 0 Å². The number of thioether (sulfide) groups is 1. The molecule has 1 aromatic heterocycles. The zero-order valence-corrected chi connectivity index (χ0v) is 18.6. The van der Waals surface area contributed by atoms with Gasteiger partial charge in [0.2, 0.25) is 0 Å². The third-order valence-electron chi connectivity index (χ3n) is 4.53. The van der Waals surface area contributed by atoms with Gasteiger partial charge in [0.25, 0.3) is 5.91 Å². The molecule has 31 heavy (non-hydrogen) atoms. The van der Waals surface area contributed by atoms with E-state index < -0.39 is 0 Å². The van der Waals surface area contributed by atoms with E-state index in [-0.39, 0.29) is 11.9 Å². The molecule has 3 aromatic carbocycles. The Labute approximate surface area is 188 Å². The van der Waals surface area contributed by atoms with Crippen LogP contribution in [0.5, 0.6) is 0 Å². The first kappa shape index (κ1) is 20.9. The molecule has 1 heterocycles. The smallest absolute Gasteiger partial charge is 0.308 e. The molecular weight excluding hydrogens is 428 g/mol. The van der Waals surface area contributed by atoms with Gasteiger partial charge in [-0.15, -0.1) is 11.8 Å². The second-order valence-electron chi connectivity index (χ2n) is 6.79. The van der Waals surface area contributed by atoms with Gasteiger partial charge < -0.3 is 10.6 Å². The predicted octanol–water partition coefficient (Wildman–Crippen LogP) is 6.22. The minimum Gasteiger partial charge on any atom is -0.308 e. The summed E-state index contributed by atoms with van der Waals surface area (Å²) in [5, 5.41) is 9.08. The van der Waals surface area contributed by atoms with Crippen molar-refractivity contribution in [3.05, 3.63) is 77.9 Å². The molecule has 3 N–H and O–H groups in total. The monoisotopic (exact) mass is 448 g/mol. The number of carbonyl (C=O) groups excluding carboxylic acids is 2. The number of urea groups is 1. The Bertz CT molecular complexity index is 1260. The van der Waals surface area contributed by atoms with Crippen molar-refractivity contribution in [2.45, 2.75) is 11.8 Å². The molecule has 0 spiro atoms. The molecule has 0 saturated heterocycles. The van der Waals surface area contributed by atoms with Gasteiger partial charge in [-0.2, -0.15) is 0 Å². The van der Waals surface area contributed by atoms with Gasteiger partial charge in [0.05, 0.1) is 10.2 Å². The summed E-state index contributed by atoms with van der Waals surface area (Å²) in [5.74, 6) is -0.206. The fourth-order valence-corrected chi connectivity index (χ4v) is 4.51. The summed E-state index contributed by atoms with van der Waals surface area (Å²) in [4.78, 5) is 30.4. The maximum atomic E-state index is 12.4. The lowest BCUT2D eigenvalue weighted by atomic mass is 10.2. The van der Waals surface area contributed by atoms with E-state index in [0.29, 0.717) is 16.4 Å². The number of thiazole rings is 1. The largest absolute Gasteiger partial charge is 0.323 e. The van der Waals surface area contributed by atoms with E-state index in [0.717, 1.165) is 26.4 Å². The quantitative estimate of drug-likeness (QED) is 0.316. The van der Waals surface area contributed by atoms with E-state index in [1.807, 2.05) is 67.8 Å². The highest BCUT2D eigenvalue weighted by Gasteiger charge is 2.13. The number of amides is 3. The number of anilines is 3. The molecule has 8 heteroatoms. The number of nitrogens with zero attached hydrogens (tertiary/aromatic N) is 1. The Morgan fingerprint density at radius 3 is 2.45 bits per heavy atom. The lowest BCUT2D eigenvalue weighted by Crippen LogP contribution is -2.19. The van der Waals surface area contributed by atoms with Gasteiger partial charge in [0.1, 0.15) is 0 Å². The second kappa shape index (κ2) is 9.20. The van der Waals surface area contributed by atoms with E-state index >= 15 is 0 Å². The molecule has 0 radical (unpaired) electrons. The molecule has 4 aromatic rings. The summed E-state index contributed by atoms with van der Waals surface area (Å²) in [6, 6.07) is 20.1. The van der Waals surface area contributed by atoms with Crippen molar-refractivity contribution >= 4 is 61.8 Å². The predicted molar refractivity (Wildman–Crippen MR) is 130 cm³/mol. The molecule has 0 saturated carbocycles. The van der Waals surface area contributed by atoms with Gasteiger partial charge in [-0.3, -0.25) is 10.1 Å². The molecule has 0 aliphatic rings. The average molecular weight is 449 g/mol. The third-order valence-corrected chi connectivity index (χ3v) is 6.17. The summed E-state index contributed by atoms with van der Waals surface area (Å²) >= 11 is 2.98. The normalized spacial score (nSPS) is 10.6. The van der Waals surface area contributed by atoms with Crippen LogP contribution >= 0.6 is 23.1 Å². The van der Waals surface area contributed by atoms with E-state index in [4.69, 9.17) is 0 Å². The van der Waals surface area contributed by atoms with Gasteiger partial charge in [0.15, 0.2) is 5.13 Å². The van der Waals surface area contributed by atoms with Gasteiger partial charge in [-0.25, -0.2) is 9.78 Å². The van der Waals surface area contributed by atoms with Crippen molar-refractivity contribution in [3.63, 3.8) is 0 Å². The second-order valence-corrected chi connectivity index (χ2v) is 8.70. The van der Waals surface area contributed by atoms with Crippen LogP contribution < -0.4 is 16.0 Å². The summed E-state index contributed by atoms with van der Waals surface area (Å²) < 4.78 is 0.878. The maximum absolute atomic E-state index is 12.4. The Hall–Kier alpha value is -3.36. The lowest BCUT2D eigenvalue weighted by Gasteiger charge is -2.09. The highest BCUT2D eigenvalue weighted by molar-refractivity contribution is 7.98. The van der Waals surface area contributed by atoms with Gasteiger partial charge in [-0.1, -0.05) is 35.6 Å². The highest BCUT2D eigenvalue weighted by atomic mass is 32.2. The molecule has 0 aliphatic heterocycles. The first-order chi connectivity index (χ1) is 15.0. The molecule has 6 nitrogen and oxygen atoms in total. The van der Waals surface area contributed by atoms with Crippen molar-refractivity contribution in [1.29, 1.82) is 0 Å². The van der Waals surface area contributed by atoms with Crippen LogP contribution in [0.15, 0.2) is 71.6 Å². The van der Waals surface area contributed by atoms with Crippen LogP contribution in [0.1, 0.15) is 15.9 Å². The number of hydrogen-bond acceptors (Lipinski definition) is 5. The first-order valence-corrected chi connectivity index (χ1v) is 11.6. The SMILES string of the molecule is CSc1cccc(NC(=O)Nc2cc(C)c3nc(NC(=O)c4ccccc4)sc3c2)c1. The van der Waals surface area contributed by atoms with Crippen molar-refractivity contribution in [1.82, 2.24) is 4.98 Å². The van der Waals surface area contributed by atoms with Crippen LogP contribution in [0.2, 0.25) is 0 Å². The molecule has 0 unspecified atom stereocenters. The van der Waals surface area contributed by atoms with Gasteiger partial charge in [0, 0.05) is 21.8 Å². The summed E-state index contributed by atoms with van der Waals surface area (Å²) in [7, 11) is 0. The maximum Gasteiger partial charge on any atom is 0.323 e. The van der Waals surface area contributed by atoms with Crippen LogP contribution in [0, 0.1) is 6.92 Å². The molecule has 3 amide bonds. The third kappa shape index (κ3) is 5.04. The number of nitrogens with one attached hydrogen (secondary N) is 3. The molecular formula is C23H20N4O2S2. The topological polar surface area (TPSA) is 83.1 Å². The zero-order chi connectivity index (χ0) is 21.8. The number of hydrogen-bond donors (Lipinski definition) is 3. The fourth-order valence-electron chi connectivity index (χ4n) is 3.08. The first-order valence-electron chi connectivity index (χ1n) is 9.51. The summed E-state index contributed by atoms with van der Waals surface area (Å²) in [6.07, 6.45) is 1.99. The molecule has 156 valence electrons. The van der Waals surface area contributed by atoms with Crippen LogP contribution in [-0.2, 0) is 0 Å². The van der Waals surface area contributed by atoms with E-state index in [9.17, 15) is 9.59 Å². The number of benzene rings is 3. The molecule has 0 atom stereocenters. The summed E-state index contributed by atoms with van der Waals surface area (Å²) in [5.41, 5.74) is 3.67. The number of aryl methyl sites for hydroxylation is 1. The summed E-state index contributed by atoms with van der Waals surface area (Å²) in [6.45, 7) is 1.93. The minimum absolute atomic E-state index is 0.206. The number of rotatable bonds is 5. The van der Waals surface area contributed by atoms with Crippen molar-refractivity contribution in [2.75, 3.05) is 22.2 Å². The Kier molecular flexibility index (Phi) is 6.20.